The lowest BCUT2D eigenvalue weighted by molar-refractivity contribution is 0.276. The molecule has 0 spiro atoms. The molecule has 0 aliphatic heterocycles. The van der Waals surface area contributed by atoms with Gasteiger partial charge in [-0.3, -0.25) is 0 Å². The maximum Gasteiger partial charge on any atom is 0.320 e. The molecular formula is C25H50O6Si3. The van der Waals surface area contributed by atoms with Crippen LogP contribution in [0.25, 0.3) is 0 Å². The number of rotatable bonds is 21. The molecule has 0 aromatic heterocycles. The van der Waals surface area contributed by atoms with Crippen molar-refractivity contribution in [3.63, 3.8) is 0 Å². The van der Waals surface area contributed by atoms with Crippen LogP contribution >= 0.6 is 0 Å². The Hall–Kier alpha value is -0.369. The van der Waals surface area contributed by atoms with Gasteiger partial charge < -0.3 is 26.6 Å². The van der Waals surface area contributed by atoms with Gasteiger partial charge in [0.05, 0.1) is 0 Å². The minimum absolute atomic E-state index is 1.08. The Kier molecular flexibility index (Phi) is 18.4. The van der Waals surface area contributed by atoms with Gasteiger partial charge in [-0.05, 0) is 85.8 Å². The van der Waals surface area contributed by atoms with E-state index in [-0.39, 0.29) is 0 Å². The van der Waals surface area contributed by atoms with E-state index in [9.17, 15) is 0 Å². The summed E-state index contributed by atoms with van der Waals surface area (Å²) in [5.74, 6) is 0. The van der Waals surface area contributed by atoms with E-state index in [4.69, 9.17) is 26.6 Å². The number of hydrogen-bond acceptors (Lipinski definition) is 6. The fourth-order valence-corrected chi connectivity index (χ4v) is 8.32. The predicted octanol–water partition coefficient (Wildman–Crippen LogP) is 4.50. The summed E-state index contributed by atoms with van der Waals surface area (Å²) in [4.78, 5) is 0. The zero-order valence-corrected chi connectivity index (χ0v) is 26.3. The Bertz CT molecular complexity index is 596. The Morgan fingerprint density at radius 1 is 0.500 bits per heavy atom. The van der Waals surface area contributed by atoms with Crippen molar-refractivity contribution >= 4 is 27.9 Å². The largest absolute Gasteiger partial charge is 0.400 e. The van der Waals surface area contributed by atoms with Crippen LogP contribution in [0.3, 0.4) is 0 Å². The molecule has 198 valence electrons. The lowest BCUT2D eigenvalue weighted by Gasteiger charge is -2.16. The Labute approximate surface area is 214 Å². The standard InChI is InChI=1S/C25H50O6Si3/c1-22-24(15-9-12-18-33(28-4)29-5)20-23(14-8-11-17-32(26-2)27-3)21-25(22)16-10-13-19-34(30-6)31-7/h20-21,32-34H,8-19H2,1-7H3. The van der Waals surface area contributed by atoms with E-state index in [0.29, 0.717) is 0 Å². The van der Waals surface area contributed by atoms with E-state index >= 15 is 0 Å². The summed E-state index contributed by atoms with van der Waals surface area (Å²) < 4.78 is 32.8. The maximum atomic E-state index is 5.48. The SMILES string of the molecule is CO[SiH](CCCCc1cc(CCCC[SiH](OC)OC)c(C)c(CCCC[SiH](OC)OC)c1)OC. The molecule has 0 atom stereocenters. The number of aryl methyl sites for hydroxylation is 3. The molecule has 0 fully saturated rings. The fourth-order valence-electron chi connectivity index (χ4n) is 4.46. The lowest BCUT2D eigenvalue weighted by Crippen LogP contribution is -2.18. The molecule has 0 amide bonds. The van der Waals surface area contributed by atoms with Gasteiger partial charge in [0.15, 0.2) is 0 Å². The van der Waals surface area contributed by atoms with E-state index in [0.717, 1.165) is 56.7 Å². The first-order chi connectivity index (χ1) is 16.5. The topological polar surface area (TPSA) is 55.4 Å². The van der Waals surface area contributed by atoms with Crippen LogP contribution in [0.15, 0.2) is 12.1 Å². The Balaban J connectivity index is 2.76. The third kappa shape index (κ3) is 12.5. The van der Waals surface area contributed by atoms with E-state index in [2.05, 4.69) is 19.1 Å². The summed E-state index contributed by atoms with van der Waals surface area (Å²) in [6, 6.07) is 8.15. The molecule has 0 bridgehead atoms. The van der Waals surface area contributed by atoms with Crippen LogP contribution in [0.4, 0.5) is 0 Å². The molecule has 0 aliphatic carbocycles. The quantitative estimate of drug-likeness (QED) is 0.172. The van der Waals surface area contributed by atoms with Crippen molar-refractivity contribution in [3.8, 4) is 0 Å². The zero-order valence-electron chi connectivity index (χ0n) is 22.8. The number of benzene rings is 1. The summed E-state index contributed by atoms with van der Waals surface area (Å²) >= 11 is 0. The molecular weight excluding hydrogens is 481 g/mol. The minimum Gasteiger partial charge on any atom is -0.400 e. The van der Waals surface area contributed by atoms with Crippen molar-refractivity contribution in [1.82, 2.24) is 0 Å². The molecule has 0 aliphatic rings. The van der Waals surface area contributed by atoms with Crippen LogP contribution in [-0.2, 0) is 45.8 Å². The average molecular weight is 531 g/mol. The first-order valence-electron chi connectivity index (χ1n) is 12.8. The molecule has 0 N–H and O–H groups in total. The first kappa shape index (κ1) is 31.7. The highest BCUT2D eigenvalue weighted by atomic mass is 28.3. The molecule has 0 heterocycles. The minimum atomic E-state index is -1.45. The first-order valence-corrected chi connectivity index (χ1v) is 18.1. The second kappa shape index (κ2) is 19.8. The van der Waals surface area contributed by atoms with Gasteiger partial charge in [-0.2, -0.15) is 0 Å². The second-order valence-electron chi connectivity index (χ2n) is 8.98. The van der Waals surface area contributed by atoms with Crippen molar-refractivity contribution in [1.29, 1.82) is 0 Å². The van der Waals surface area contributed by atoms with Gasteiger partial charge in [0.2, 0.25) is 0 Å². The molecule has 1 aromatic carbocycles. The van der Waals surface area contributed by atoms with Crippen molar-refractivity contribution in [2.24, 2.45) is 0 Å². The summed E-state index contributed by atoms with van der Waals surface area (Å²) in [5, 5.41) is 0. The highest BCUT2D eigenvalue weighted by molar-refractivity contribution is 6.44. The average Bonchev–Trinajstić information content (AvgIpc) is 2.86. The normalized spacial score (nSPS) is 11.9. The van der Waals surface area contributed by atoms with E-state index in [1.165, 1.54) is 41.5 Å². The molecule has 9 heteroatoms. The van der Waals surface area contributed by atoms with Gasteiger partial charge in [0.1, 0.15) is 0 Å². The van der Waals surface area contributed by atoms with Crippen molar-refractivity contribution < 1.29 is 26.6 Å². The smallest absolute Gasteiger partial charge is 0.320 e. The highest BCUT2D eigenvalue weighted by Crippen LogP contribution is 2.23. The van der Waals surface area contributed by atoms with Crippen LogP contribution in [0, 0.1) is 6.92 Å². The number of unbranched alkanes of at least 4 members (excludes halogenated alkanes) is 3. The van der Waals surface area contributed by atoms with Gasteiger partial charge in [0, 0.05) is 42.7 Å². The van der Waals surface area contributed by atoms with Crippen LogP contribution < -0.4 is 0 Å². The van der Waals surface area contributed by atoms with Gasteiger partial charge in [-0.15, -0.1) is 0 Å². The fraction of sp³-hybridized carbons (Fsp3) is 0.760. The van der Waals surface area contributed by atoms with Gasteiger partial charge in [-0.25, -0.2) is 0 Å². The van der Waals surface area contributed by atoms with Crippen molar-refractivity contribution in [2.75, 3.05) is 42.7 Å². The van der Waals surface area contributed by atoms with Gasteiger partial charge in [-0.1, -0.05) is 31.4 Å². The monoisotopic (exact) mass is 530 g/mol. The molecule has 0 saturated carbocycles. The molecule has 1 aromatic rings. The second-order valence-corrected chi connectivity index (χ2v) is 16.1. The van der Waals surface area contributed by atoms with Crippen LogP contribution in [0.1, 0.15) is 60.8 Å². The third-order valence-electron chi connectivity index (χ3n) is 6.69. The molecule has 0 radical (unpaired) electrons. The van der Waals surface area contributed by atoms with Gasteiger partial charge >= 0.3 is 27.9 Å². The predicted molar refractivity (Wildman–Crippen MR) is 148 cm³/mol. The molecule has 6 nitrogen and oxygen atoms in total. The molecule has 0 saturated heterocycles. The molecule has 1 rings (SSSR count). The van der Waals surface area contributed by atoms with Crippen LogP contribution in [0.5, 0.6) is 0 Å². The third-order valence-corrected chi connectivity index (χ3v) is 12.5. The maximum absolute atomic E-state index is 5.48. The van der Waals surface area contributed by atoms with Crippen molar-refractivity contribution in [3.05, 3.63) is 34.4 Å². The summed E-state index contributed by atoms with van der Waals surface area (Å²) in [6.45, 7) is 2.31. The molecule has 0 unspecified atom stereocenters. The highest BCUT2D eigenvalue weighted by Gasteiger charge is 2.13. The van der Waals surface area contributed by atoms with Gasteiger partial charge in [0.25, 0.3) is 0 Å². The summed E-state index contributed by atoms with van der Waals surface area (Å²) in [7, 11) is 6.28. The van der Waals surface area contributed by atoms with E-state index in [1.807, 2.05) is 0 Å². The van der Waals surface area contributed by atoms with Crippen molar-refractivity contribution in [2.45, 2.75) is 82.8 Å². The zero-order chi connectivity index (χ0) is 25.2. The van der Waals surface area contributed by atoms with Crippen LogP contribution in [-0.4, -0.2) is 70.5 Å². The lowest BCUT2D eigenvalue weighted by atomic mass is 9.91. The van der Waals surface area contributed by atoms with Crippen LogP contribution in [0.2, 0.25) is 18.1 Å². The molecule has 34 heavy (non-hydrogen) atoms. The van der Waals surface area contributed by atoms with E-state index < -0.39 is 27.9 Å². The summed E-state index contributed by atoms with van der Waals surface area (Å²) in [6.07, 6.45) is 10.4. The summed E-state index contributed by atoms with van der Waals surface area (Å²) in [5.41, 5.74) is 5.99. The van der Waals surface area contributed by atoms with E-state index in [1.54, 1.807) is 42.7 Å². The Morgan fingerprint density at radius 3 is 1.15 bits per heavy atom. The Morgan fingerprint density at radius 2 is 0.824 bits per heavy atom. The number of hydrogen-bond donors (Lipinski definition) is 0.